The lowest BCUT2D eigenvalue weighted by molar-refractivity contribution is -0.140. The van der Waals surface area contributed by atoms with Gasteiger partial charge in [0.25, 0.3) is 11.8 Å². The summed E-state index contributed by atoms with van der Waals surface area (Å²) in [7, 11) is 4.50. The quantitative estimate of drug-likeness (QED) is 0.339. The van der Waals surface area contributed by atoms with E-state index < -0.39 is 11.8 Å². The average Bonchev–Trinajstić information content (AvgIpc) is 2.75. The summed E-state index contributed by atoms with van der Waals surface area (Å²) in [4.78, 5) is 26.9. The molecular formula is C23H28N2O6. The van der Waals surface area contributed by atoms with Crippen LogP contribution in [-0.2, 0) is 14.3 Å². The molecule has 0 aliphatic carbocycles. The van der Waals surface area contributed by atoms with Gasteiger partial charge >= 0.3 is 0 Å². The molecule has 2 amide bonds. The second-order valence-electron chi connectivity index (χ2n) is 7.16. The van der Waals surface area contributed by atoms with Crippen molar-refractivity contribution in [3.8, 4) is 23.3 Å². The van der Waals surface area contributed by atoms with Gasteiger partial charge in [-0.25, -0.2) is 0 Å². The van der Waals surface area contributed by atoms with Crippen LogP contribution in [0.5, 0.6) is 17.2 Å². The zero-order valence-electron chi connectivity index (χ0n) is 18.8. The maximum atomic E-state index is 13.1. The number of hydrogen-bond acceptors (Lipinski definition) is 7. The third kappa shape index (κ3) is 5.25. The van der Waals surface area contributed by atoms with Crippen molar-refractivity contribution in [3.63, 3.8) is 0 Å². The maximum Gasteiger partial charge on any atom is 0.271 e. The van der Waals surface area contributed by atoms with Crippen LogP contribution in [-0.4, -0.2) is 57.3 Å². The van der Waals surface area contributed by atoms with Crippen molar-refractivity contribution >= 4 is 17.9 Å². The summed E-state index contributed by atoms with van der Waals surface area (Å²) >= 11 is 0. The fourth-order valence-electron chi connectivity index (χ4n) is 3.23. The smallest absolute Gasteiger partial charge is 0.271 e. The van der Waals surface area contributed by atoms with Crippen molar-refractivity contribution in [2.45, 2.75) is 33.3 Å². The third-order valence-corrected chi connectivity index (χ3v) is 4.80. The number of carbonyl (C=O) groups is 2. The lowest BCUT2D eigenvalue weighted by atomic mass is 9.93. The summed E-state index contributed by atoms with van der Waals surface area (Å²) in [5.74, 6) is 0.237. The van der Waals surface area contributed by atoms with Gasteiger partial charge in [-0.15, -0.1) is 0 Å². The Kier molecular flexibility index (Phi) is 8.22. The zero-order valence-corrected chi connectivity index (χ0v) is 18.8. The van der Waals surface area contributed by atoms with Crippen LogP contribution in [0.15, 0.2) is 28.9 Å². The molecule has 0 radical (unpaired) electrons. The molecule has 0 bridgehead atoms. The van der Waals surface area contributed by atoms with E-state index in [1.165, 1.54) is 21.3 Å². The van der Waals surface area contributed by atoms with Crippen molar-refractivity contribution in [1.29, 1.82) is 5.26 Å². The first kappa shape index (κ1) is 24.0. The van der Waals surface area contributed by atoms with Crippen LogP contribution >= 0.6 is 0 Å². The minimum absolute atomic E-state index is 0.0527. The van der Waals surface area contributed by atoms with E-state index in [0.29, 0.717) is 41.4 Å². The molecule has 2 rings (SSSR count). The van der Waals surface area contributed by atoms with E-state index in [0.717, 1.165) is 4.90 Å². The molecule has 1 aliphatic heterocycles. The minimum atomic E-state index is -0.586. The Bertz CT molecular complexity index is 930. The molecule has 0 unspecified atom stereocenters. The molecule has 1 aromatic rings. The molecule has 1 heterocycles. The Morgan fingerprint density at radius 2 is 1.68 bits per heavy atom. The number of nitrogens with zero attached hydrogens (tertiary/aromatic N) is 2. The van der Waals surface area contributed by atoms with E-state index in [1.807, 2.05) is 19.9 Å². The maximum absolute atomic E-state index is 13.1. The van der Waals surface area contributed by atoms with Gasteiger partial charge in [-0.3, -0.25) is 14.5 Å². The number of benzene rings is 1. The number of amides is 2. The number of methoxy groups -OCH3 is 3. The van der Waals surface area contributed by atoms with Gasteiger partial charge in [-0.1, -0.05) is 0 Å². The Balaban J connectivity index is 2.47. The van der Waals surface area contributed by atoms with Crippen LogP contribution in [0.3, 0.4) is 0 Å². The first-order valence-corrected chi connectivity index (χ1v) is 9.89. The van der Waals surface area contributed by atoms with Gasteiger partial charge in [-0.2, -0.15) is 5.26 Å². The van der Waals surface area contributed by atoms with Crippen LogP contribution in [0.2, 0.25) is 0 Å². The Hall–Kier alpha value is -3.31. The molecule has 0 saturated carbocycles. The van der Waals surface area contributed by atoms with Crippen molar-refractivity contribution in [2.75, 3.05) is 34.5 Å². The molecule has 166 valence electrons. The van der Waals surface area contributed by atoms with Crippen molar-refractivity contribution in [3.05, 3.63) is 34.4 Å². The lowest BCUT2D eigenvalue weighted by Gasteiger charge is -2.27. The summed E-state index contributed by atoms with van der Waals surface area (Å²) in [6.07, 6.45) is 2.15. The number of imide groups is 1. The molecular weight excluding hydrogens is 400 g/mol. The summed E-state index contributed by atoms with van der Waals surface area (Å²) in [6.45, 7) is 5.99. The zero-order chi connectivity index (χ0) is 23.1. The highest BCUT2D eigenvalue weighted by molar-refractivity contribution is 6.19. The Labute approximate surface area is 182 Å². The fourth-order valence-corrected chi connectivity index (χ4v) is 3.23. The van der Waals surface area contributed by atoms with E-state index in [4.69, 9.17) is 18.9 Å². The molecule has 0 aromatic heterocycles. The largest absolute Gasteiger partial charge is 0.493 e. The number of hydrogen-bond donors (Lipinski definition) is 0. The second kappa shape index (κ2) is 10.6. The van der Waals surface area contributed by atoms with Crippen LogP contribution in [0.25, 0.3) is 6.08 Å². The standard InChI is InChI=1S/C23H28N2O6/c1-14(2)31-9-7-8-25-22(26)17(15(3)18(13-24)23(25)27)10-16-11-19(28-4)21(30-6)20(12-16)29-5/h10-12,14H,7-9H2,1-6H3/b17-10+. The van der Waals surface area contributed by atoms with Crippen molar-refractivity contribution in [2.24, 2.45) is 0 Å². The van der Waals surface area contributed by atoms with E-state index in [1.54, 1.807) is 25.1 Å². The van der Waals surface area contributed by atoms with Crippen LogP contribution in [0.4, 0.5) is 0 Å². The molecule has 0 saturated heterocycles. The molecule has 1 aliphatic rings. The highest BCUT2D eigenvalue weighted by atomic mass is 16.5. The van der Waals surface area contributed by atoms with Gasteiger partial charge in [0.15, 0.2) is 11.5 Å². The molecule has 31 heavy (non-hydrogen) atoms. The predicted molar refractivity (Wildman–Crippen MR) is 115 cm³/mol. The summed E-state index contributed by atoms with van der Waals surface area (Å²) in [5.41, 5.74) is 1.14. The molecule has 0 atom stereocenters. The molecule has 1 aromatic carbocycles. The normalized spacial score (nSPS) is 15.5. The number of nitriles is 1. The van der Waals surface area contributed by atoms with E-state index in [9.17, 15) is 14.9 Å². The van der Waals surface area contributed by atoms with Crippen molar-refractivity contribution < 1.29 is 28.5 Å². The monoisotopic (exact) mass is 428 g/mol. The van der Waals surface area contributed by atoms with E-state index in [2.05, 4.69) is 0 Å². The Morgan fingerprint density at radius 3 is 2.16 bits per heavy atom. The molecule has 0 spiro atoms. The van der Waals surface area contributed by atoms with Gasteiger partial charge in [-0.05, 0) is 56.5 Å². The summed E-state index contributed by atoms with van der Waals surface area (Å²) < 4.78 is 21.6. The number of carbonyl (C=O) groups excluding carboxylic acids is 2. The predicted octanol–water partition coefficient (Wildman–Crippen LogP) is 3.12. The molecule has 0 N–H and O–H groups in total. The lowest BCUT2D eigenvalue weighted by Crippen LogP contribution is -2.43. The third-order valence-electron chi connectivity index (χ3n) is 4.80. The van der Waals surface area contributed by atoms with E-state index in [-0.39, 0.29) is 23.8 Å². The van der Waals surface area contributed by atoms with Gasteiger partial charge in [0.1, 0.15) is 11.6 Å². The van der Waals surface area contributed by atoms with Gasteiger partial charge in [0.2, 0.25) is 5.75 Å². The van der Waals surface area contributed by atoms with E-state index >= 15 is 0 Å². The summed E-state index contributed by atoms with van der Waals surface area (Å²) in [5, 5.41) is 9.52. The highest BCUT2D eigenvalue weighted by Gasteiger charge is 2.35. The van der Waals surface area contributed by atoms with Gasteiger partial charge in [0.05, 0.1) is 27.4 Å². The minimum Gasteiger partial charge on any atom is -0.493 e. The Morgan fingerprint density at radius 1 is 1.06 bits per heavy atom. The first-order chi connectivity index (χ1) is 14.8. The molecule has 0 fully saturated rings. The number of rotatable bonds is 9. The number of ether oxygens (including phenoxy) is 4. The summed E-state index contributed by atoms with van der Waals surface area (Å²) in [6, 6.07) is 5.32. The second-order valence-corrected chi connectivity index (χ2v) is 7.16. The fraction of sp³-hybridized carbons (Fsp3) is 0.435. The molecule has 8 heteroatoms. The first-order valence-electron chi connectivity index (χ1n) is 9.89. The molecule has 8 nitrogen and oxygen atoms in total. The van der Waals surface area contributed by atoms with Crippen LogP contribution in [0.1, 0.15) is 32.8 Å². The van der Waals surface area contributed by atoms with Crippen molar-refractivity contribution in [1.82, 2.24) is 4.90 Å². The SMILES string of the molecule is COc1cc(/C=C2/C(=O)N(CCCOC(C)C)C(=O)C(C#N)=C2C)cc(OC)c1OC. The highest BCUT2D eigenvalue weighted by Crippen LogP contribution is 2.39. The average molecular weight is 428 g/mol. The van der Waals surface area contributed by atoms with Crippen LogP contribution < -0.4 is 14.2 Å². The van der Waals surface area contributed by atoms with Gasteiger partial charge in [0, 0.05) is 18.7 Å². The topological polar surface area (TPSA) is 98.1 Å². The van der Waals surface area contributed by atoms with Crippen LogP contribution in [0, 0.1) is 11.3 Å². The van der Waals surface area contributed by atoms with Gasteiger partial charge < -0.3 is 18.9 Å².